The van der Waals surface area contributed by atoms with Crippen LogP contribution in [0.1, 0.15) is 10.5 Å². The third-order valence-electron chi connectivity index (χ3n) is 2.09. The number of carbonyl (C=O) groups is 1. The van der Waals surface area contributed by atoms with E-state index < -0.39 is 12.3 Å². The Bertz CT molecular complexity index is 576. The van der Waals surface area contributed by atoms with Gasteiger partial charge in [-0.05, 0) is 6.07 Å². The van der Waals surface area contributed by atoms with Gasteiger partial charge >= 0.3 is 12.3 Å². The fourth-order valence-corrected chi connectivity index (χ4v) is 1.34. The van der Waals surface area contributed by atoms with E-state index in [-0.39, 0.29) is 21.3 Å². The highest BCUT2D eigenvalue weighted by atomic mass is 19.4. The van der Waals surface area contributed by atoms with Crippen molar-refractivity contribution in [2.24, 2.45) is 0 Å². The van der Waals surface area contributed by atoms with Gasteiger partial charge in [0.15, 0.2) is 5.69 Å². The molecule has 17 heavy (non-hydrogen) atoms. The summed E-state index contributed by atoms with van der Waals surface area (Å²) in [5.41, 5.74) is -0.445. The second-order valence-corrected chi connectivity index (χ2v) is 3.14. The summed E-state index contributed by atoms with van der Waals surface area (Å²) in [5, 5.41) is 3.38. The van der Waals surface area contributed by atoms with Gasteiger partial charge in [-0.25, -0.2) is 9.78 Å². The number of alkyl halides is 3. The predicted octanol–water partition coefficient (Wildman–Crippen LogP) is 1.69. The summed E-state index contributed by atoms with van der Waals surface area (Å²) in [6, 6.07) is 0.988. The standard InChI is InChI=1S/C9H6F3N3O2/c1-17-8(16)6-2-7-5(3-13-6)4-14-15(7)9(10,11)12/h2-4H,1H3. The van der Waals surface area contributed by atoms with E-state index in [0.717, 1.165) is 25.6 Å². The quantitative estimate of drug-likeness (QED) is 0.717. The summed E-state index contributed by atoms with van der Waals surface area (Å²) in [6.07, 6.45) is -2.48. The van der Waals surface area contributed by atoms with Crippen molar-refractivity contribution in [1.29, 1.82) is 0 Å². The smallest absolute Gasteiger partial charge is 0.464 e. The summed E-state index contributed by atoms with van der Waals surface area (Å²) in [7, 11) is 1.12. The topological polar surface area (TPSA) is 57.0 Å². The summed E-state index contributed by atoms with van der Waals surface area (Å²) >= 11 is 0. The second-order valence-electron chi connectivity index (χ2n) is 3.14. The maximum absolute atomic E-state index is 12.5. The highest BCUT2D eigenvalue weighted by Crippen LogP contribution is 2.26. The first-order chi connectivity index (χ1) is 7.93. The molecular formula is C9H6F3N3O2. The number of aromatic nitrogens is 3. The first kappa shape index (κ1) is 11.4. The van der Waals surface area contributed by atoms with E-state index in [0.29, 0.717) is 0 Å². The summed E-state index contributed by atoms with van der Waals surface area (Å²) in [4.78, 5) is 14.8. The van der Waals surface area contributed by atoms with Gasteiger partial charge in [0.2, 0.25) is 0 Å². The van der Waals surface area contributed by atoms with Crippen LogP contribution in [0.4, 0.5) is 13.2 Å². The minimum absolute atomic E-state index is 0.129. The molecule has 0 saturated carbocycles. The lowest BCUT2D eigenvalue weighted by atomic mass is 10.3. The molecule has 2 aromatic rings. The summed E-state index contributed by atoms with van der Waals surface area (Å²) < 4.78 is 41.8. The lowest BCUT2D eigenvalue weighted by Crippen LogP contribution is -2.18. The van der Waals surface area contributed by atoms with Crippen LogP contribution in [-0.2, 0) is 11.0 Å². The third kappa shape index (κ3) is 1.93. The maximum Gasteiger partial charge on any atom is 0.505 e. The number of carbonyl (C=O) groups excluding carboxylic acids is 1. The first-order valence-electron chi connectivity index (χ1n) is 4.43. The number of pyridine rings is 1. The Morgan fingerprint density at radius 2 is 2.12 bits per heavy atom. The molecule has 0 bridgehead atoms. The van der Waals surface area contributed by atoms with E-state index in [1.165, 1.54) is 0 Å². The Morgan fingerprint density at radius 1 is 1.41 bits per heavy atom. The van der Waals surface area contributed by atoms with Crippen molar-refractivity contribution in [2.45, 2.75) is 6.30 Å². The van der Waals surface area contributed by atoms with E-state index in [1.54, 1.807) is 0 Å². The molecule has 0 aliphatic heterocycles. The van der Waals surface area contributed by atoms with Crippen molar-refractivity contribution in [3.05, 3.63) is 24.2 Å². The van der Waals surface area contributed by atoms with Crippen molar-refractivity contribution in [3.63, 3.8) is 0 Å². The van der Waals surface area contributed by atoms with Crippen molar-refractivity contribution in [3.8, 4) is 0 Å². The molecule has 0 aliphatic carbocycles. The van der Waals surface area contributed by atoms with Gasteiger partial charge in [-0.3, -0.25) is 0 Å². The fourth-order valence-electron chi connectivity index (χ4n) is 1.34. The largest absolute Gasteiger partial charge is 0.505 e. The minimum Gasteiger partial charge on any atom is -0.464 e. The van der Waals surface area contributed by atoms with Gasteiger partial charge < -0.3 is 4.74 Å². The van der Waals surface area contributed by atoms with Crippen LogP contribution in [0.5, 0.6) is 0 Å². The lowest BCUT2D eigenvalue weighted by molar-refractivity contribution is -0.209. The summed E-state index contributed by atoms with van der Waals surface area (Å²) in [6.45, 7) is 0. The van der Waals surface area contributed by atoms with Crippen LogP contribution in [0.3, 0.4) is 0 Å². The summed E-state index contributed by atoms with van der Waals surface area (Å²) in [5.74, 6) is -0.804. The van der Waals surface area contributed by atoms with Crippen LogP contribution in [0.2, 0.25) is 0 Å². The highest BCUT2D eigenvalue weighted by Gasteiger charge is 2.33. The normalized spacial score (nSPS) is 11.8. The Labute approximate surface area is 92.8 Å². The Balaban J connectivity index is 2.62. The number of halogens is 3. The van der Waals surface area contributed by atoms with Crippen LogP contribution in [0, 0.1) is 0 Å². The van der Waals surface area contributed by atoms with E-state index in [9.17, 15) is 18.0 Å². The van der Waals surface area contributed by atoms with Crippen LogP contribution >= 0.6 is 0 Å². The van der Waals surface area contributed by atoms with E-state index in [2.05, 4.69) is 14.8 Å². The zero-order valence-electron chi connectivity index (χ0n) is 8.52. The zero-order valence-corrected chi connectivity index (χ0v) is 8.52. The monoisotopic (exact) mass is 245 g/mol. The number of esters is 1. The SMILES string of the molecule is COC(=O)c1cc2c(cn1)cnn2C(F)(F)F. The van der Waals surface area contributed by atoms with Crippen LogP contribution in [0.15, 0.2) is 18.5 Å². The average molecular weight is 245 g/mol. The lowest BCUT2D eigenvalue weighted by Gasteiger charge is -2.07. The predicted molar refractivity (Wildman–Crippen MR) is 50.2 cm³/mol. The molecule has 5 nitrogen and oxygen atoms in total. The molecule has 0 amide bonds. The van der Waals surface area contributed by atoms with Gasteiger partial charge in [0.05, 0.1) is 18.8 Å². The van der Waals surface area contributed by atoms with Crippen LogP contribution in [-0.4, -0.2) is 27.8 Å². The Morgan fingerprint density at radius 3 is 2.71 bits per heavy atom. The van der Waals surface area contributed by atoms with Crippen molar-refractivity contribution in [1.82, 2.24) is 14.8 Å². The molecule has 90 valence electrons. The maximum atomic E-state index is 12.5. The fraction of sp³-hybridized carbons (Fsp3) is 0.222. The molecule has 8 heteroatoms. The molecule has 2 heterocycles. The molecule has 0 unspecified atom stereocenters. The van der Waals surface area contributed by atoms with Gasteiger partial charge in [-0.15, -0.1) is 13.2 Å². The zero-order chi connectivity index (χ0) is 12.6. The van der Waals surface area contributed by atoms with E-state index in [4.69, 9.17) is 0 Å². The molecular weight excluding hydrogens is 239 g/mol. The van der Waals surface area contributed by atoms with Crippen molar-refractivity contribution < 1.29 is 22.7 Å². The molecule has 0 N–H and O–H groups in total. The number of methoxy groups -OCH3 is 1. The minimum atomic E-state index is -4.64. The van der Waals surface area contributed by atoms with Gasteiger partial charge in [0.25, 0.3) is 0 Å². The number of hydrogen-bond acceptors (Lipinski definition) is 4. The van der Waals surface area contributed by atoms with Crippen LogP contribution in [0.25, 0.3) is 10.9 Å². The molecule has 0 spiro atoms. The molecule has 0 saturated heterocycles. The molecule has 2 rings (SSSR count). The second kappa shape index (κ2) is 3.72. The Hall–Kier alpha value is -2.12. The van der Waals surface area contributed by atoms with Crippen molar-refractivity contribution in [2.75, 3.05) is 7.11 Å². The van der Waals surface area contributed by atoms with E-state index in [1.807, 2.05) is 0 Å². The number of hydrogen-bond donors (Lipinski definition) is 0. The van der Waals surface area contributed by atoms with Crippen LogP contribution < -0.4 is 0 Å². The van der Waals surface area contributed by atoms with Gasteiger partial charge in [0.1, 0.15) is 0 Å². The Kier molecular flexibility index (Phi) is 2.49. The molecule has 2 aromatic heterocycles. The number of rotatable bonds is 1. The number of ether oxygens (including phenoxy) is 1. The number of nitrogens with zero attached hydrogens (tertiary/aromatic N) is 3. The molecule has 0 aliphatic rings. The molecule has 0 aromatic carbocycles. The molecule has 0 radical (unpaired) electrons. The van der Waals surface area contributed by atoms with Crippen molar-refractivity contribution >= 4 is 16.9 Å². The first-order valence-corrected chi connectivity index (χ1v) is 4.43. The third-order valence-corrected chi connectivity index (χ3v) is 2.09. The van der Waals surface area contributed by atoms with Gasteiger partial charge in [-0.1, -0.05) is 0 Å². The average Bonchev–Trinajstić information content (AvgIpc) is 2.70. The van der Waals surface area contributed by atoms with E-state index >= 15 is 0 Å². The highest BCUT2D eigenvalue weighted by molar-refractivity contribution is 5.91. The molecule has 0 atom stereocenters. The van der Waals surface area contributed by atoms with Gasteiger partial charge in [-0.2, -0.15) is 9.78 Å². The number of fused-ring (bicyclic) bond motifs is 1. The molecule has 0 fully saturated rings. The van der Waals surface area contributed by atoms with Gasteiger partial charge in [0, 0.05) is 11.6 Å².